The zero-order valence-corrected chi connectivity index (χ0v) is 9.06. The lowest BCUT2D eigenvalue weighted by atomic mass is 10.2. The third-order valence-electron chi connectivity index (χ3n) is 2.28. The van der Waals surface area contributed by atoms with E-state index in [9.17, 15) is 4.39 Å². The van der Waals surface area contributed by atoms with E-state index in [0.717, 1.165) is 0 Å². The molecule has 0 saturated carbocycles. The Bertz CT molecular complexity index is 328. The molecule has 90 valence electrons. The molecule has 0 unspecified atom stereocenters. The Hall–Kier alpha value is -1.17. The topological polar surface area (TPSA) is 69.7 Å². The molecule has 0 bridgehead atoms. The molecule has 0 aromatic heterocycles. The number of aliphatic hydroxyl groups is 2. The van der Waals surface area contributed by atoms with Crippen molar-refractivity contribution in [1.82, 2.24) is 0 Å². The maximum Gasteiger partial charge on any atom is 0.125 e. The third-order valence-corrected chi connectivity index (χ3v) is 2.28. The van der Waals surface area contributed by atoms with Crippen molar-refractivity contribution in [2.45, 2.75) is 6.54 Å². The average Bonchev–Trinajstić information content (AvgIpc) is 2.28. The van der Waals surface area contributed by atoms with Crippen LogP contribution in [0, 0.1) is 5.82 Å². The second-order valence-electron chi connectivity index (χ2n) is 3.46. The van der Waals surface area contributed by atoms with Crippen LogP contribution < -0.4 is 10.6 Å². The molecule has 0 radical (unpaired) electrons. The Labute approximate surface area is 94.1 Å². The fourth-order valence-corrected chi connectivity index (χ4v) is 1.55. The van der Waals surface area contributed by atoms with E-state index in [1.165, 1.54) is 12.1 Å². The lowest BCUT2D eigenvalue weighted by Crippen LogP contribution is -2.29. The number of hydrogen-bond acceptors (Lipinski definition) is 4. The minimum absolute atomic E-state index is 0.0472. The Balaban J connectivity index is 2.93. The Kier molecular flexibility index (Phi) is 5.18. The van der Waals surface area contributed by atoms with Crippen molar-refractivity contribution in [3.8, 4) is 0 Å². The number of aliphatic hydroxyl groups excluding tert-OH is 2. The zero-order valence-electron chi connectivity index (χ0n) is 9.06. The summed E-state index contributed by atoms with van der Waals surface area (Å²) in [6.45, 7) is 0.877. The highest BCUT2D eigenvalue weighted by molar-refractivity contribution is 5.49. The normalized spacial score (nSPS) is 10.5. The molecule has 16 heavy (non-hydrogen) atoms. The van der Waals surface area contributed by atoms with Gasteiger partial charge < -0.3 is 20.8 Å². The molecule has 0 saturated heterocycles. The van der Waals surface area contributed by atoms with Crippen LogP contribution in [0.25, 0.3) is 0 Å². The van der Waals surface area contributed by atoms with Gasteiger partial charge in [-0.15, -0.1) is 0 Å². The smallest absolute Gasteiger partial charge is 0.125 e. The first-order valence-electron chi connectivity index (χ1n) is 5.17. The summed E-state index contributed by atoms with van der Waals surface area (Å²) in [6, 6.07) is 4.50. The number of nitrogens with zero attached hydrogens (tertiary/aromatic N) is 1. The van der Waals surface area contributed by atoms with Crippen LogP contribution in [0.4, 0.5) is 10.1 Å². The maximum absolute atomic E-state index is 13.2. The lowest BCUT2D eigenvalue weighted by molar-refractivity contribution is 0.281. The van der Waals surface area contributed by atoms with E-state index in [1.54, 1.807) is 11.0 Å². The summed E-state index contributed by atoms with van der Waals surface area (Å²) in [5.74, 6) is -0.362. The van der Waals surface area contributed by atoms with E-state index in [-0.39, 0.29) is 25.6 Å². The molecule has 4 nitrogen and oxygen atoms in total. The van der Waals surface area contributed by atoms with E-state index in [1.807, 2.05) is 0 Å². The number of halogens is 1. The number of rotatable bonds is 6. The van der Waals surface area contributed by atoms with Crippen molar-refractivity contribution in [3.05, 3.63) is 29.6 Å². The SMILES string of the molecule is NCc1cc(F)cc(N(CCO)CCO)c1. The summed E-state index contributed by atoms with van der Waals surface area (Å²) in [7, 11) is 0. The van der Waals surface area contributed by atoms with Crippen molar-refractivity contribution in [2.24, 2.45) is 5.73 Å². The van der Waals surface area contributed by atoms with Gasteiger partial charge in [0.05, 0.1) is 13.2 Å². The standard InChI is InChI=1S/C11H17FN2O2/c12-10-5-9(8-13)6-11(7-10)14(1-3-15)2-4-16/h5-7,15-16H,1-4,8,13H2. The van der Waals surface area contributed by atoms with Gasteiger partial charge in [0.25, 0.3) is 0 Å². The van der Waals surface area contributed by atoms with E-state index in [0.29, 0.717) is 24.3 Å². The van der Waals surface area contributed by atoms with Gasteiger partial charge >= 0.3 is 0 Å². The molecule has 1 aromatic carbocycles. The fraction of sp³-hybridized carbons (Fsp3) is 0.455. The maximum atomic E-state index is 13.2. The monoisotopic (exact) mass is 228 g/mol. The molecular formula is C11H17FN2O2. The summed E-state index contributed by atoms with van der Waals surface area (Å²) in [4.78, 5) is 1.71. The third kappa shape index (κ3) is 3.44. The van der Waals surface area contributed by atoms with Gasteiger partial charge in [-0.3, -0.25) is 0 Å². The van der Waals surface area contributed by atoms with Gasteiger partial charge in [-0.25, -0.2) is 4.39 Å². The van der Waals surface area contributed by atoms with Crippen molar-refractivity contribution in [2.75, 3.05) is 31.2 Å². The van der Waals surface area contributed by atoms with E-state index in [4.69, 9.17) is 15.9 Å². The van der Waals surface area contributed by atoms with Gasteiger partial charge in [-0.05, 0) is 23.8 Å². The van der Waals surface area contributed by atoms with Crippen molar-refractivity contribution in [1.29, 1.82) is 0 Å². The molecule has 0 fully saturated rings. The molecule has 4 N–H and O–H groups in total. The Morgan fingerprint density at radius 3 is 2.25 bits per heavy atom. The highest BCUT2D eigenvalue weighted by Crippen LogP contribution is 2.18. The molecule has 0 aliphatic rings. The molecule has 0 spiro atoms. The predicted molar refractivity (Wildman–Crippen MR) is 60.7 cm³/mol. The highest BCUT2D eigenvalue weighted by atomic mass is 19.1. The predicted octanol–water partition coefficient (Wildman–Crippen LogP) is 0.0754. The first kappa shape index (κ1) is 12.9. The summed E-state index contributed by atoms with van der Waals surface area (Å²) < 4.78 is 13.2. The van der Waals surface area contributed by atoms with Gasteiger partial charge in [0.1, 0.15) is 5.82 Å². The van der Waals surface area contributed by atoms with Crippen LogP contribution >= 0.6 is 0 Å². The molecule has 1 rings (SSSR count). The van der Waals surface area contributed by atoms with Crippen LogP contribution in [0.15, 0.2) is 18.2 Å². The minimum Gasteiger partial charge on any atom is -0.395 e. The summed E-state index contributed by atoms with van der Waals surface area (Å²) in [5, 5.41) is 17.8. The number of nitrogens with two attached hydrogens (primary N) is 1. The van der Waals surface area contributed by atoms with Crippen molar-refractivity contribution in [3.63, 3.8) is 0 Å². The van der Waals surface area contributed by atoms with Gasteiger partial charge in [-0.1, -0.05) is 0 Å². The second-order valence-corrected chi connectivity index (χ2v) is 3.46. The fourth-order valence-electron chi connectivity index (χ4n) is 1.55. The van der Waals surface area contributed by atoms with Crippen LogP contribution in [0.5, 0.6) is 0 Å². The highest BCUT2D eigenvalue weighted by Gasteiger charge is 2.07. The first-order chi connectivity index (χ1) is 7.71. The Morgan fingerprint density at radius 1 is 1.12 bits per heavy atom. The average molecular weight is 228 g/mol. The number of anilines is 1. The second kappa shape index (κ2) is 6.42. The van der Waals surface area contributed by atoms with Crippen LogP contribution in [0.3, 0.4) is 0 Å². The minimum atomic E-state index is -0.362. The van der Waals surface area contributed by atoms with Crippen LogP contribution in [-0.2, 0) is 6.54 Å². The summed E-state index contributed by atoms with van der Waals surface area (Å²) >= 11 is 0. The zero-order chi connectivity index (χ0) is 12.0. The van der Waals surface area contributed by atoms with Gasteiger partial charge in [0.2, 0.25) is 0 Å². The number of benzene rings is 1. The quantitative estimate of drug-likeness (QED) is 0.644. The molecule has 0 atom stereocenters. The summed E-state index contributed by atoms with van der Waals surface area (Å²) in [6.07, 6.45) is 0. The van der Waals surface area contributed by atoms with E-state index >= 15 is 0 Å². The largest absolute Gasteiger partial charge is 0.395 e. The van der Waals surface area contributed by atoms with Gasteiger partial charge in [0.15, 0.2) is 0 Å². The van der Waals surface area contributed by atoms with E-state index in [2.05, 4.69) is 0 Å². The molecule has 0 amide bonds. The van der Waals surface area contributed by atoms with Gasteiger partial charge in [0, 0.05) is 25.3 Å². The Morgan fingerprint density at radius 2 is 1.75 bits per heavy atom. The van der Waals surface area contributed by atoms with Crippen molar-refractivity contribution < 1.29 is 14.6 Å². The van der Waals surface area contributed by atoms with E-state index < -0.39 is 0 Å². The van der Waals surface area contributed by atoms with Crippen LogP contribution in [0.2, 0.25) is 0 Å². The molecule has 1 aromatic rings. The first-order valence-corrected chi connectivity index (χ1v) is 5.17. The lowest BCUT2D eigenvalue weighted by Gasteiger charge is -2.23. The molecule has 0 aliphatic heterocycles. The molecule has 0 heterocycles. The molecule has 5 heteroatoms. The molecular weight excluding hydrogens is 211 g/mol. The van der Waals surface area contributed by atoms with Gasteiger partial charge in [-0.2, -0.15) is 0 Å². The molecule has 0 aliphatic carbocycles. The van der Waals surface area contributed by atoms with Crippen LogP contribution in [-0.4, -0.2) is 36.5 Å². The number of hydrogen-bond donors (Lipinski definition) is 3. The van der Waals surface area contributed by atoms with Crippen molar-refractivity contribution >= 4 is 5.69 Å². The summed E-state index contributed by atoms with van der Waals surface area (Å²) in [5.41, 5.74) is 6.77. The van der Waals surface area contributed by atoms with Crippen LogP contribution in [0.1, 0.15) is 5.56 Å².